The van der Waals surface area contributed by atoms with Crippen molar-refractivity contribution in [2.75, 3.05) is 7.11 Å². The number of methoxy groups -OCH3 is 1. The molecule has 0 aliphatic heterocycles. The molecule has 0 amide bonds. The molecule has 0 unspecified atom stereocenters. The zero-order valence-corrected chi connectivity index (χ0v) is 11.3. The van der Waals surface area contributed by atoms with Crippen LogP contribution < -0.4 is 4.74 Å². The summed E-state index contributed by atoms with van der Waals surface area (Å²) < 4.78 is 5.03. The van der Waals surface area contributed by atoms with Crippen molar-refractivity contribution >= 4 is 28.9 Å². The van der Waals surface area contributed by atoms with Crippen molar-refractivity contribution in [3.8, 4) is 16.9 Å². The van der Waals surface area contributed by atoms with E-state index in [1.165, 1.54) is 25.6 Å². The molecule has 2 aromatic rings. The molecule has 0 radical (unpaired) electrons. The summed E-state index contributed by atoms with van der Waals surface area (Å²) >= 11 is 12.0. The smallest absolute Gasteiger partial charge is 0.295 e. The topological polar surface area (TPSA) is 65.3 Å². The highest BCUT2D eigenvalue weighted by molar-refractivity contribution is 6.37. The molecule has 0 aliphatic carbocycles. The molecule has 0 aliphatic rings. The van der Waals surface area contributed by atoms with Gasteiger partial charge in [0.1, 0.15) is 6.20 Å². The van der Waals surface area contributed by atoms with Gasteiger partial charge in [-0.25, -0.2) is 0 Å². The molecule has 2 rings (SSSR count). The van der Waals surface area contributed by atoms with Gasteiger partial charge in [-0.2, -0.15) is 0 Å². The molecule has 0 bridgehead atoms. The first-order valence-electron chi connectivity index (χ1n) is 5.16. The van der Waals surface area contributed by atoms with E-state index in [9.17, 15) is 10.1 Å². The number of rotatable bonds is 3. The van der Waals surface area contributed by atoms with Crippen LogP contribution in [0.3, 0.4) is 0 Å². The fourth-order valence-electron chi connectivity index (χ4n) is 1.69. The van der Waals surface area contributed by atoms with Gasteiger partial charge >= 0.3 is 0 Å². The summed E-state index contributed by atoms with van der Waals surface area (Å²) in [6.45, 7) is 0. The Bertz CT molecular complexity index is 624. The average Bonchev–Trinajstić information content (AvgIpc) is 2.38. The predicted molar refractivity (Wildman–Crippen MR) is 72.9 cm³/mol. The number of hydrogen-bond donors (Lipinski definition) is 0. The number of benzene rings is 1. The van der Waals surface area contributed by atoms with Crippen LogP contribution in [-0.4, -0.2) is 17.0 Å². The molecule has 1 heterocycles. The van der Waals surface area contributed by atoms with E-state index in [4.69, 9.17) is 27.9 Å². The highest BCUT2D eigenvalue weighted by Gasteiger charge is 2.17. The molecular weight excluding hydrogens is 291 g/mol. The molecule has 19 heavy (non-hydrogen) atoms. The van der Waals surface area contributed by atoms with Gasteiger partial charge in [-0.1, -0.05) is 23.2 Å². The first-order chi connectivity index (χ1) is 9.04. The SMILES string of the molecule is COc1c(Cl)cc(-c2ccncc2[N+](=O)[O-])cc1Cl. The molecule has 1 aromatic heterocycles. The molecule has 0 saturated heterocycles. The molecule has 98 valence electrons. The van der Waals surface area contributed by atoms with Crippen molar-refractivity contribution in [3.63, 3.8) is 0 Å². The lowest BCUT2D eigenvalue weighted by Crippen LogP contribution is -1.94. The number of aromatic nitrogens is 1. The van der Waals surface area contributed by atoms with Crippen molar-refractivity contribution in [1.29, 1.82) is 0 Å². The van der Waals surface area contributed by atoms with Crippen LogP contribution >= 0.6 is 23.2 Å². The highest BCUT2D eigenvalue weighted by Crippen LogP contribution is 2.39. The minimum atomic E-state index is -0.506. The Balaban J connectivity index is 2.63. The summed E-state index contributed by atoms with van der Waals surface area (Å²) in [6, 6.07) is 4.66. The van der Waals surface area contributed by atoms with Crippen LogP contribution in [-0.2, 0) is 0 Å². The zero-order valence-electron chi connectivity index (χ0n) is 9.76. The summed E-state index contributed by atoms with van der Waals surface area (Å²) in [5.74, 6) is 0.337. The summed E-state index contributed by atoms with van der Waals surface area (Å²) in [7, 11) is 1.45. The zero-order chi connectivity index (χ0) is 14.0. The first kappa shape index (κ1) is 13.6. The van der Waals surface area contributed by atoms with Crippen LogP contribution in [0.4, 0.5) is 5.69 Å². The van der Waals surface area contributed by atoms with Crippen molar-refractivity contribution in [1.82, 2.24) is 4.98 Å². The van der Waals surface area contributed by atoms with Gasteiger partial charge < -0.3 is 4.74 Å². The minimum Gasteiger partial charge on any atom is -0.494 e. The van der Waals surface area contributed by atoms with E-state index in [1.54, 1.807) is 12.1 Å². The summed E-state index contributed by atoms with van der Waals surface area (Å²) in [5, 5.41) is 11.5. The molecule has 5 nitrogen and oxygen atoms in total. The van der Waals surface area contributed by atoms with Crippen LogP contribution in [0.5, 0.6) is 5.75 Å². The maximum Gasteiger partial charge on any atom is 0.295 e. The van der Waals surface area contributed by atoms with Crippen molar-refractivity contribution in [2.45, 2.75) is 0 Å². The lowest BCUT2D eigenvalue weighted by molar-refractivity contribution is -0.384. The van der Waals surface area contributed by atoms with E-state index >= 15 is 0 Å². The van der Waals surface area contributed by atoms with Crippen molar-refractivity contribution in [3.05, 3.63) is 50.8 Å². The molecule has 0 spiro atoms. The van der Waals surface area contributed by atoms with Crippen LogP contribution in [0.1, 0.15) is 0 Å². The lowest BCUT2D eigenvalue weighted by atomic mass is 10.1. The Morgan fingerprint density at radius 2 is 1.95 bits per heavy atom. The highest BCUT2D eigenvalue weighted by atomic mass is 35.5. The summed E-state index contributed by atoms with van der Waals surface area (Å²) in [6.07, 6.45) is 2.65. The third-order valence-electron chi connectivity index (χ3n) is 2.51. The first-order valence-corrected chi connectivity index (χ1v) is 5.92. The number of nitrogens with zero attached hydrogens (tertiary/aromatic N) is 2. The molecular formula is C12H8Cl2N2O3. The lowest BCUT2D eigenvalue weighted by Gasteiger charge is -2.09. The Morgan fingerprint density at radius 1 is 1.32 bits per heavy atom. The van der Waals surface area contributed by atoms with Gasteiger partial charge in [0.2, 0.25) is 0 Å². The summed E-state index contributed by atoms with van der Waals surface area (Å²) in [4.78, 5) is 14.2. The van der Waals surface area contributed by atoms with Gasteiger partial charge in [0, 0.05) is 6.20 Å². The van der Waals surface area contributed by atoms with Crippen molar-refractivity contribution < 1.29 is 9.66 Å². The standard InChI is InChI=1S/C12H8Cl2N2O3/c1-19-12-9(13)4-7(5-10(12)14)8-2-3-15-6-11(8)16(17)18/h2-6H,1H3. The number of hydrogen-bond acceptors (Lipinski definition) is 4. The van der Waals surface area contributed by atoms with Gasteiger partial charge in [-0.15, -0.1) is 0 Å². The average molecular weight is 299 g/mol. The number of halogens is 2. The normalized spacial score (nSPS) is 10.3. The maximum absolute atomic E-state index is 11.0. The van der Waals surface area contributed by atoms with E-state index in [-0.39, 0.29) is 15.7 Å². The van der Waals surface area contributed by atoms with E-state index in [1.807, 2.05) is 0 Å². The molecule has 7 heteroatoms. The molecule has 0 saturated carbocycles. The van der Waals surface area contributed by atoms with E-state index in [0.717, 1.165) is 0 Å². The van der Waals surface area contributed by atoms with E-state index < -0.39 is 4.92 Å². The fraction of sp³-hybridized carbons (Fsp3) is 0.0833. The molecule has 0 N–H and O–H groups in total. The van der Waals surface area contributed by atoms with E-state index in [0.29, 0.717) is 16.9 Å². The Hall–Kier alpha value is -1.85. The predicted octanol–water partition coefficient (Wildman–Crippen LogP) is 3.97. The van der Waals surface area contributed by atoms with Gasteiger partial charge in [0.15, 0.2) is 5.75 Å². The van der Waals surface area contributed by atoms with Crippen LogP contribution in [0.25, 0.3) is 11.1 Å². The number of pyridine rings is 1. The van der Waals surface area contributed by atoms with Gasteiger partial charge in [0.05, 0.1) is 27.6 Å². The largest absolute Gasteiger partial charge is 0.494 e. The van der Waals surface area contributed by atoms with Gasteiger partial charge in [0.25, 0.3) is 5.69 Å². The van der Waals surface area contributed by atoms with Gasteiger partial charge in [-0.3, -0.25) is 15.1 Å². The fourth-order valence-corrected chi connectivity index (χ4v) is 2.33. The Labute approximate surface area is 118 Å². The molecule has 0 fully saturated rings. The van der Waals surface area contributed by atoms with Crippen LogP contribution in [0.2, 0.25) is 10.0 Å². The quantitative estimate of drug-likeness (QED) is 0.635. The van der Waals surface area contributed by atoms with E-state index in [2.05, 4.69) is 4.98 Å². The Kier molecular flexibility index (Phi) is 3.87. The van der Waals surface area contributed by atoms with Crippen LogP contribution in [0, 0.1) is 10.1 Å². The second-order valence-corrected chi connectivity index (χ2v) is 4.44. The minimum absolute atomic E-state index is 0.111. The van der Waals surface area contributed by atoms with Crippen LogP contribution in [0.15, 0.2) is 30.6 Å². The van der Waals surface area contributed by atoms with Crippen molar-refractivity contribution in [2.24, 2.45) is 0 Å². The third kappa shape index (κ3) is 2.62. The maximum atomic E-state index is 11.0. The molecule has 0 atom stereocenters. The Morgan fingerprint density at radius 3 is 2.47 bits per heavy atom. The number of nitro groups is 1. The second kappa shape index (κ2) is 5.42. The monoisotopic (exact) mass is 298 g/mol. The molecule has 1 aromatic carbocycles. The summed E-state index contributed by atoms with van der Waals surface area (Å²) in [5.41, 5.74) is 0.816. The van der Waals surface area contributed by atoms with Gasteiger partial charge in [-0.05, 0) is 23.8 Å². The second-order valence-electron chi connectivity index (χ2n) is 3.62. The third-order valence-corrected chi connectivity index (χ3v) is 3.07. The number of ether oxygens (including phenoxy) is 1.